The van der Waals surface area contributed by atoms with Crippen molar-refractivity contribution in [2.75, 3.05) is 39.3 Å². The van der Waals surface area contributed by atoms with Crippen molar-refractivity contribution < 1.29 is 9.53 Å². The number of hydrogen-bond acceptors (Lipinski definition) is 2. The maximum absolute atomic E-state index is 11.8. The van der Waals surface area contributed by atoms with Crippen LogP contribution < -0.4 is 4.48 Å². The van der Waals surface area contributed by atoms with E-state index in [1.807, 2.05) is 25.1 Å². The Kier molecular flexibility index (Phi) is 4.65. The summed E-state index contributed by atoms with van der Waals surface area (Å²) >= 11 is 0. The van der Waals surface area contributed by atoms with Gasteiger partial charge in [-0.15, -0.1) is 6.42 Å². The van der Waals surface area contributed by atoms with Gasteiger partial charge in [0.2, 0.25) is 0 Å². The second-order valence-corrected chi connectivity index (χ2v) is 4.98. The minimum Gasteiger partial charge on any atom is -0.450 e. The Morgan fingerprint density at radius 3 is 2.55 bits per heavy atom. The molecule has 0 radical (unpaired) electrons. The van der Waals surface area contributed by atoms with E-state index >= 15 is 0 Å². The first kappa shape index (κ1) is 14.4. The molecular formula is C16H21N2O2+. The summed E-state index contributed by atoms with van der Waals surface area (Å²) in [5.74, 6) is 2.78. The molecule has 106 valence electrons. The van der Waals surface area contributed by atoms with E-state index in [9.17, 15) is 4.79 Å². The van der Waals surface area contributed by atoms with Gasteiger partial charge in [0.1, 0.15) is 25.3 Å². The third kappa shape index (κ3) is 2.94. The van der Waals surface area contributed by atoms with Gasteiger partial charge in [-0.1, -0.05) is 18.2 Å². The van der Waals surface area contributed by atoms with Crippen molar-refractivity contribution in [2.24, 2.45) is 0 Å². The topological polar surface area (TPSA) is 29.5 Å². The van der Waals surface area contributed by atoms with Gasteiger partial charge in [0.05, 0.1) is 19.7 Å². The highest BCUT2D eigenvalue weighted by molar-refractivity contribution is 5.68. The lowest BCUT2D eigenvalue weighted by molar-refractivity contribution is 0.0839. The van der Waals surface area contributed by atoms with Crippen LogP contribution in [0.1, 0.15) is 6.92 Å². The van der Waals surface area contributed by atoms with E-state index in [1.165, 1.54) is 5.69 Å². The molecule has 0 bridgehead atoms. The lowest BCUT2D eigenvalue weighted by Gasteiger charge is -2.42. The number of amides is 1. The normalized spacial score (nSPS) is 17.3. The number of rotatable bonds is 3. The minimum atomic E-state index is -0.223. The summed E-state index contributed by atoms with van der Waals surface area (Å²) in [6, 6.07) is 10.3. The van der Waals surface area contributed by atoms with E-state index in [0.717, 1.165) is 17.6 Å². The number of quaternary nitrogens is 1. The fraction of sp³-hybridized carbons (Fsp3) is 0.438. The zero-order valence-electron chi connectivity index (χ0n) is 11.9. The molecule has 1 amide bonds. The van der Waals surface area contributed by atoms with Crippen LogP contribution >= 0.6 is 0 Å². The van der Waals surface area contributed by atoms with E-state index in [4.69, 9.17) is 11.2 Å². The van der Waals surface area contributed by atoms with Crippen LogP contribution in [0.15, 0.2) is 30.3 Å². The summed E-state index contributed by atoms with van der Waals surface area (Å²) < 4.78 is 5.80. The van der Waals surface area contributed by atoms with Gasteiger partial charge in [-0.25, -0.2) is 4.79 Å². The average Bonchev–Trinajstić information content (AvgIpc) is 2.49. The molecular weight excluding hydrogens is 252 g/mol. The van der Waals surface area contributed by atoms with Gasteiger partial charge in [-0.2, -0.15) is 0 Å². The fourth-order valence-electron chi connectivity index (χ4n) is 2.67. The second kappa shape index (κ2) is 6.44. The first-order valence-corrected chi connectivity index (χ1v) is 6.99. The molecule has 0 unspecified atom stereocenters. The highest BCUT2D eigenvalue weighted by Crippen LogP contribution is 2.25. The fourth-order valence-corrected chi connectivity index (χ4v) is 2.67. The number of benzene rings is 1. The molecule has 0 atom stereocenters. The summed E-state index contributed by atoms with van der Waals surface area (Å²) in [7, 11) is 0. The molecule has 20 heavy (non-hydrogen) atoms. The quantitative estimate of drug-likeness (QED) is 0.623. The Balaban J connectivity index is 2.11. The molecule has 1 heterocycles. The SMILES string of the molecule is C#CC[N+]1(c2ccccc2)CCN(C(=O)OCC)CC1. The zero-order valence-corrected chi connectivity index (χ0v) is 11.9. The van der Waals surface area contributed by atoms with Crippen LogP contribution in [0.3, 0.4) is 0 Å². The summed E-state index contributed by atoms with van der Waals surface area (Å²) in [6.07, 6.45) is 5.33. The van der Waals surface area contributed by atoms with Crippen molar-refractivity contribution in [2.45, 2.75) is 6.92 Å². The maximum atomic E-state index is 11.8. The highest BCUT2D eigenvalue weighted by atomic mass is 16.6. The Morgan fingerprint density at radius 1 is 1.35 bits per heavy atom. The third-order valence-corrected chi connectivity index (χ3v) is 3.82. The van der Waals surface area contributed by atoms with E-state index in [0.29, 0.717) is 26.2 Å². The van der Waals surface area contributed by atoms with Crippen molar-refractivity contribution in [1.82, 2.24) is 9.38 Å². The van der Waals surface area contributed by atoms with Crippen molar-refractivity contribution in [3.8, 4) is 12.3 Å². The third-order valence-electron chi connectivity index (χ3n) is 3.82. The highest BCUT2D eigenvalue weighted by Gasteiger charge is 2.36. The van der Waals surface area contributed by atoms with Gasteiger partial charge in [0.15, 0.2) is 0 Å². The molecule has 0 N–H and O–H groups in total. The van der Waals surface area contributed by atoms with Crippen LogP contribution in [-0.4, -0.2) is 50.3 Å². The summed E-state index contributed by atoms with van der Waals surface area (Å²) in [4.78, 5) is 13.5. The van der Waals surface area contributed by atoms with E-state index in [1.54, 1.807) is 4.90 Å². The van der Waals surface area contributed by atoms with Crippen molar-refractivity contribution in [3.63, 3.8) is 0 Å². The second-order valence-electron chi connectivity index (χ2n) is 4.98. The van der Waals surface area contributed by atoms with Gasteiger partial charge >= 0.3 is 6.09 Å². The molecule has 1 aromatic rings. The number of carbonyl (C=O) groups is 1. The molecule has 0 spiro atoms. The largest absolute Gasteiger partial charge is 0.450 e. The molecule has 4 nitrogen and oxygen atoms in total. The van der Waals surface area contributed by atoms with Crippen LogP contribution in [0.2, 0.25) is 0 Å². The Labute approximate surface area is 120 Å². The molecule has 1 aliphatic rings. The maximum Gasteiger partial charge on any atom is 0.410 e. The predicted octanol–water partition coefficient (Wildman–Crippen LogP) is 2.10. The monoisotopic (exact) mass is 273 g/mol. The number of nitrogens with zero attached hydrogens (tertiary/aromatic N) is 2. The average molecular weight is 273 g/mol. The van der Waals surface area contributed by atoms with Gasteiger partial charge in [-0.05, 0) is 25.0 Å². The van der Waals surface area contributed by atoms with E-state index in [2.05, 4.69) is 18.1 Å². The Morgan fingerprint density at radius 2 is 2.00 bits per heavy atom. The first-order chi connectivity index (χ1) is 9.72. The number of carbonyl (C=O) groups excluding carboxylic acids is 1. The molecule has 4 heteroatoms. The smallest absolute Gasteiger partial charge is 0.410 e. The van der Waals surface area contributed by atoms with Crippen molar-refractivity contribution in [1.29, 1.82) is 0 Å². The molecule has 1 saturated heterocycles. The number of piperazine rings is 1. The number of terminal acetylenes is 1. The number of ether oxygens (including phenoxy) is 1. The molecule has 0 saturated carbocycles. The van der Waals surface area contributed by atoms with E-state index in [-0.39, 0.29) is 6.09 Å². The molecule has 0 aromatic heterocycles. The van der Waals surface area contributed by atoms with Crippen LogP contribution in [0.25, 0.3) is 0 Å². The number of hydrogen-bond donors (Lipinski definition) is 0. The summed E-state index contributed by atoms with van der Waals surface area (Å²) in [5.41, 5.74) is 1.22. The molecule has 2 rings (SSSR count). The molecule has 1 aliphatic heterocycles. The first-order valence-electron chi connectivity index (χ1n) is 6.99. The minimum absolute atomic E-state index is 0.223. The Hall–Kier alpha value is -1.99. The lowest BCUT2D eigenvalue weighted by Crippen LogP contribution is -2.61. The van der Waals surface area contributed by atoms with Crippen molar-refractivity contribution in [3.05, 3.63) is 30.3 Å². The van der Waals surface area contributed by atoms with Crippen molar-refractivity contribution >= 4 is 11.8 Å². The number of para-hydroxylation sites is 1. The van der Waals surface area contributed by atoms with Gasteiger partial charge < -0.3 is 4.74 Å². The summed E-state index contributed by atoms with van der Waals surface area (Å²) in [6.45, 7) is 5.90. The van der Waals surface area contributed by atoms with Crippen LogP contribution in [0, 0.1) is 12.3 Å². The van der Waals surface area contributed by atoms with Crippen LogP contribution in [0.4, 0.5) is 10.5 Å². The van der Waals surface area contributed by atoms with Gasteiger partial charge in [-0.3, -0.25) is 9.38 Å². The Bertz CT molecular complexity index is 485. The molecule has 1 aromatic carbocycles. The van der Waals surface area contributed by atoms with Crippen LogP contribution in [0.5, 0.6) is 0 Å². The van der Waals surface area contributed by atoms with Gasteiger partial charge in [0, 0.05) is 0 Å². The molecule has 1 fully saturated rings. The standard InChI is InChI=1S/C16H21N2O2/c1-3-12-18(15-8-6-5-7-9-15)13-10-17(11-14-18)16(19)20-4-2/h1,5-9H,4,10-14H2,2H3/q+1. The van der Waals surface area contributed by atoms with E-state index < -0.39 is 0 Å². The molecule has 0 aliphatic carbocycles. The lowest BCUT2D eigenvalue weighted by atomic mass is 10.1. The predicted molar refractivity (Wildman–Crippen MR) is 80.3 cm³/mol. The van der Waals surface area contributed by atoms with Gasteiger partial charge in [0.25, 0.3) is 0 Å². The van der Waals surface area contributed by atoms with Crippen LogP contribution in [-0.2, 0) is 4.74 Å². The summed E-state index contributed by atoms with van der Waals surface area (Å²) in [5, 5.41) is 0. The zero-order chi connectivity index (χ0) is 14.4.